The van der Waals surface area contributed by atoms with Crippen LogP contribution in [0.3, 0.4) is 0 Å². The van der Waals surface area contributed by atoms with Crippen molar-refractivity contribution in [3.05, 3.63) is 52.5 Å². The first-order chi connectivity index (χ1) is 12.0. The Balaban J connectivity index is 2.13. The molecule has 0 saturated heterocycles. The zero-order valence-corrected chi connectivity index (χ0v) is 15.4. The van der Waals surface area contributed by atoms with E-state index < -0.39 is 5.97 Å². The molecule has 0 heterocycles. The molecule has 0 atom stereocenters. The number of ether oxygens (including phenoxy) is 3. The zero-order chi connectivity index (χ0) is 18.5. The van der Waals surface area contributed by atoms with E-state index in [-0.39, 0.29) is 19.2 Å². The molecule has 0 aliphatic carbocycles. The molecule has 0 bridgehead atoms. The largest absolute Gasteiger partial charge is 0.480 e. The van der Waals surface area contributed by atoms with Gasteiger partial charge in [-0.3, -0.25) is 0 Å². The van der Waals surface area contributed by atoms with E-state index in [9.17, 15) is 9.59 Å². The maximum Gasteiger partial charge on any atom is 0.344 e. The van der Waals surface area contributed by atoms with Gasteiger partial charge in [0.05, 0.1) is 18.2 Å². The van der Waals surface area contributed by atoms with Crippen LogP contribution in [-0.4, -0.2) is 31.8 Å². The van der Waals surface area contributed by atoms with Gasteiger partial charge in [0.2, 0.25) is 0 Å². The molecular weight excluding hydrogens is 367 g/mol. The van der Waals surface area contributed by atoms with E-state index in [1.54, 1.807) is 31.2 Å². The standard InChI is InChI=1S/C18H20Cl2O5/c1-2-23-17(21)8-6-4-3-5-7-11-24-18(22)13-25-16-10-9-14(19)12-15(16)20/h3-4,6,8-10,12H,2,5,7,11,13H2,1H3/b4-3+,8-6+. The normalized spacial score (nSPS) is 11.0. The van der Waals surface area contributed by atoms with Crippen molar-refractivity contribution in [1.82, 2.24) is 0 Å². The smallest absolute Gasteiger partial charge is 0.344 e. The molecule has 0 N–H and O–H groups in total. The Morgan fingerprint density at radius 1 is 1.16 bits per heavy atom. The summed E-state index contributed by atoms with van der Waals surface area (Å²) in [5.41, 5.74) is 0. The van der Waals surface area contributed by atoms with Gasteiger partial charge in [-0.25, -0.2) is 9.59 Å². The minimum atomic E-state index is -0.475. The van der Waals surface area contributed by atoms with E-state index in [4.69, 9.17) is 37.4 Å². The van der Waals surface area contributed by atoms with Gasteiger partial charge in [-0.1, -0.05) is 41.4 Å². The fraction of sp³-hybridized carbons (Fsp3) is 0.333. The zero-order valence-electron chi connectivity index (χ0n) is 13.9. The van der Waals surface area contributed by atoms with Crippen molar-refractivity contribution in [1.29, 1.82) is 0 Å². The summed E-state index contributed by atoms with van der Waals surface area (Å²) in [5, 5.41) is 0.825. The van der Waals surface area contributed by atoms with E-state index in [1.807, 2.05) is 6.08 Å². The van der Waals surface area contributed by atoms with E-state index in [0.29, 0.717) is 35.2 Å². The number of benzene rings is 1. The molecule has 0 fully saturated rings. The topological polar surface area (TPSA) is 61.8 Å². The highest BCUT2D eigenvalue weighted by Crippen LogP contribution is 2.27. The van der Waals surface area contributed by atoms with E-state index in [0.717, 1.165) is 0 Å². The second-order valence-electron chi connectivity index (χ2n) is 4.77. The van der Waals surface area contributed by atoms with Crippen molar-refractivity contribution >= 4 is 35.1 Å². The molecule has 0 aliphatic heterocycles. The van der Waals surface area contributed by atoms with Gasteiger partial charge in [0.25, 0.3) is 0 Å². The number of hydrogen-bond acceptors (Lipinski definition) is 5. The van der Waals surface area contributed by atoms with Gasteiger partial charge in [0, 0.05) is 11.1 Å². The number of carbonyl (C=O) groups is 2. The predicted octanol–water partition coefficient (Wildman–Crippen LogP) is 4.37. The maximum atomic E-state index is 11.6. The van der Waals surface area contributed by atoms with E-state index >= 15 is 0 Å². The van der Waals surface area contributed by atoms with Crippen LogP contribution in [-0.2, 0) is 19.1 Å². The van der Waals surface area contributed by atoms with Crippen LogP contribution >= 0.6 is 23.2 Å². The van der Waals surface area contributed by atoms with Gasteiger partial charge in [0.15, 0.2) is 6.61 Å². The quantitative estimate of drug-likeness (QED) is 0.258. The number of unbranched alkanes of at least 4 members (excludes halogenated alkanes) is 1. The van der Waals surface area contributed by atoms with Crippen LogP contribution in [0.5, 0.6) is 5.75 Å². The summed E-state index contributed by atoms with van der Waals surface area (Å²) < 4.78 is 15.1. The first-order valence-corrected chi connectivity index (χ1v) is 8.52. The summed E-state index contributed by atoms with van der Waals surface area (Å²) in [4.78, 5) is 22.6. The van der Waals surface area contributed by atoms with Crippen molar-refractivity contribution in [2.24, 2.45) is 0 Å². The monoisotopic (exact) mass is 386 g/mol. The third-order valence-corrected chi connectivity index (χ3v) is 3.31. The minimum absolute atomic E-state index is 0.223. The fourth-order valence-electron chi connectivity index (χ4n) is 1.66. The van der Waals surface area contributed by atoms with Crippen molar-refractivity contribution < 1.29 is 23.8 Å². The second-order valence-corrected chi connectivity index (χ2v) is 5.61. The molecule has 0 unspecified atom stereocenters. The van der Waals surface area contributed by atoms with Crippen molar-refractivity contribution in [3.63, 3.8) is 0 Å². The van der Waals surface area contributed by atoms with Crippen LogP contribution < -0.4 is 4.74 Å². The summed E-state index contributed by atoms with van der Waals surface area (Å²) in [6, 6.07) is 4.75. The average molecular weight is 387 g/mol. The first-order valence-electron chi connectivity index (χ1n) is 7.76. The number of allylic oxidation sites excluding steroid dienone is 3. The summed E-state index contributed by atoms with van der Waals surface area (Å²) in [7, 11) is 0. The first kappa shape index (κ1) is 21.1. The molecule has 136 valence electrons. The Hall–Kier alpha value is -1.98. The van der Waals surface area contributed by atoms with E-state index in [2.05, 4.69) is 0 Å². The van der Waals surface area contributed by atoms with Crippen LogP contribution in [0.25, 0.3) is 0 Å². The Morgan fingerprint density at radius 2 is 1.96 bits per heavy atom. The number of halogens is 2. The van der Waals surface area contributed by atoms with Gasteiger partial charge >= 0.3 is 11.9 Å². The van der Waals surface area contributed by atoms with Gasteiger partial charge < -0.3 is 14.2 Å². The Kier molecular flexibility index (Phi) is 10.4. The van der Waals surface area contributed by atoms with Gasteiger partial charge in [-0.05, 0) is 38.0 Å². The molecule has 1 rings (SSSR count). The molecule has 5 nitrogen and oxygen atoms in total. The number of carbonyl (C=O) groups excluding carboxylic acids is 2. The summed E-state index contributed by atoms with van der Waals surface area (Å²) in [5.74, 6) is -0.474. The Morgan fingerprint density at radius 3 is 2.68 bits per heavy atom. The van der Waals surface area contributed by atoms with Crippen LogP contribution in [0.4, 0.5) is 0 Å². The number of esters is 2. The fourth-order valence-corrected chi connectivity index (χ4v) is 2.12. The number of hydrogen-bond donors (Lipinski definition) is 0. The van der Waals surface area contributed by atoms with Crippen molar-refractivity contribution in [3.8, 4) is 5.75 Å². The molecule has 1 aromatic rings. The highest BCUT2D eigenvalue weighted by molar-refractivity contribution is 6.35. The van der Waals surface area contributed by atoms with Gasteiger partial charge in [-0.15, -0.1) is 0 Å². The van der Waals surface area contributed by atoms with Crippen molar-refractivity contribution in [2.75, 3.05) is 19.8 Å². The second kappa shape index (κ2) is 12.4. The lowest BCUT2D eigenvalue weighted by Crippen LogP contribution is -2.15. The van der Waals surface area contributed by atoms with Gasteiger partial charge in [-0.2, -0.15) is 0 Å². The molecule has 1 aromatic carbocycles. The highest BCUT2D eigenvalue weighted by atomic mass is 35.5. The lowest BCUT2D eigenvalue weighted by molar-refractivity contribution is -0.146. The van der Waals surface area contributed by atoms with Crippen LogP contribution in [0.1, 0.15) is 19.8 Å². The summed E-state index contributed by atoms with van der Waals surface area (Å²) in [6.07, 6.45) is 7.94. The molecular formula is C18H20Cl2O5. The molecule has 0 spiro atoms. The molecule has 0 aromatic heterocycles. The number of rotatable bonds is 10. The van der Waals surface area contributed by atoms with Crippen LogP contribution in [0.15, 0.2) is 42.5 Å². The SMILES string of the molecule is CCOC(=O)/C=C/C=C/CCCOC(=O)COc1ccc(Cl)cc1Cl. The highest BCUT2D eigenvalue weighted by Gasteiger charge is 2.07. The predicted molar refractivity (Wildman–Crippen MR) is 97.1 cm³/mol. The van der Waals surface area contributed by atoms with Crippen molar-refractivity contribution in [2.45, 2.75) is 19.8 Å². The molecule has 25 heavy (non-hydrogen) atoms. The molecule has 0 radical (unpaired) electrons. The Labute approximate surface area is 157 Å². The molecule has 7 heteroatoms. The maximum absolute atomic E-state index is 11.6. The average Bonchev–Trinajstić information content (AvgIpc) is 2.56. The van der Waals surface area contributed by atoms with Gasteiger partial charge in [0.1, 0.15) is 5.75 Å². The summed E-state index contributed by atoms with van der Waals surface area (Å²) in [6.45, 7) is 2.16. The van der Waals surface area contributed by atoms with Crippen LogP contribution in [0, 0.1) is 0 Å². The van der Waals surface area contributed by atoms with Crippen LogP contribution in [0.2, 0.25) is 10.0 Å². The minimum Gasteiger partial charge on any atom is -0.480 e. The Bertz CT molecular complexity index is 626. The third kappa shape index (κ3) is 9.79. The lowest BCUT2D eigenvalue weighted by atomic mass is 10.3. The summed E-state index contributed by atoms with van der Waals surface area (Å²) >= 11 is 11.7. The lowest BCUT2D eigenvalue weighted by Gasteiger charge is -2.08. The molecule has 0 aliphatic rings. The molecule has 0 amide bonds. The van der Waals surface area contributed by atoms with E-state index in [1.165, 1.54) is 12.1 Å². The molecule has 0 saturated carbocycles. The third-order valence-electron chi connectivity index (χ3n) is 2.78.